The molecule has 0 fully saturated rings. The molecule has 0 atom stereocenters. The summed E-state index contributed by atoms with van der Waals surface area (Å²) in [5.74, 6) is -0.148. The Balaban J connectivity index is 2.01. The van der Waals surface area contributed by atoms with E-state index in [0.29, 0.717) is 5.56 Å². The van der Waals surface area contributed by atoms with E-state index in [1.165, 1.54) is 4.68 Å². The average Bonchev–Trinajstić information content (AvgIpc) is 2.91. The minimum atomic E-state index is -0.148. The molecule has 3 rings (SSSR count). The van der Waals surface area contributed by atoms with E-state index in [9.17, 15) is 4.79 Å². The molecular formula is C14H11N3O. The van der Waals surface area contributed by atoms with Crippen LogP contribution < -0.4 is 5.43 Å². The Labute approximate surface area is 104 Å². The normalized spacial score (nSPS) is 10.4. The molecule has 0 aliphatic rings. The monoisotopic (exact) mass is 237 g/mol. The van der Waals surface area contributed by atoms with E-state index in [0.717, 1.165) is 10.8 Å². The second-order valence-electron chi connectivity index (χ2n) is 3.94. The number of benzene rings is 2. The first-order valence-electron chi connectivity index (χ1n) is 5.62. The smallest absolute Gasteiger partial charge is 0.267 e. The molecule has 0 spiro atoms. The van der Waals surface area contributed by atoms with Gasteiger partial charge in [0.05, 0.1) is 0 Å². The van der Waals surface area contributed by atoms with Crippen molar-refractivity contribution in [3.63, 3.8) is 0 Å². The summed E-state index contributed by atoms with van der Waals surface area (Å²) in [5, 5.41) is 1.99. The summed E-state index contributed by atoms with van der Waals surface area (Å²) >= 11 is 0. The van der Waals surface area contributed by atoms with Gasteiger partial charge in [-0.05, 0) is 16.8 Å². The Morgan fingerprint density at radius 1 is 1.11 bits per heavy atom. The van der Waals surface area contributed by atoms with Crippen LogP contribution in [0.25, 0.3) is 10.8 Å². The van der Waals surface area contributed by atoms with Crippen molar-refractivity contribution in [1.82, 2.24) is 9.66 Å². The van der Waals surface area contributed by atoms with E-state index in [-0.39, 0.29) is 5.91 Å². The minimum absolute atomic E-state index is 0.148. The summed E-state index contributed by atoms with van der Waals surface area (Å²) in [6.07, 6.45) is 4.84. The zero-order valence-electron chi connectivity index (χ0n) is 9.58. The first-order chi connectivity index (χ1) is 8.84. The van der Waals surface area contributed by atoms with Crippen LogP contribution in [-0.4, -0.2) is 15.6 Å². The molecule has 0 bridgehead atoms. The number of carbonyl (C=O) groups is 1. The maximum Gasteiger partial charge on any atom is 0.270 e. The highest BCUT2D eigenvalue weighted by molar-refractivity contribution is 6.10. The Kier molecular flexibility index (Phi) is 2.53. The van der Waals surface area contributed by atoms with E-state index in [2.05, 4.69) is 10.4 Å². The summed E-state index contributed by atoms with van der Waals surface area (Å²) in [5.41, 5.74) is 3.40. The van der Waals surface area contributed by atoms with E-state index < -0.39 is 0 Å². The van der Waals surface area contributed by atoms with Gasteiger partial charge in [0.2, 0.25) is 0 Å². The van der Waals surface area contributed by atoms with Gasteiger partial charge in [0.15, 0.2) is 0 Å². The molecule has 4 nitrogen and oxygen atoms in total. The van der Waals surface area contributed by atoms with Crippen molar-refractivity contribution in [2.45, 2.75) is 0 Å². The lowest BCUT2D eigenvalue weighted by molar-refractivity contribution is 0.101. The lowest BCUT2D eigenvalue weighted by atomic mass is 10.0. The number of amides is 1. The predicted molar refractivity (Wildman–Crippen MR) is 69.9 cm³/mol. The van der Waals surface area contributed by atoms with Gasteiger partial charge in [-0.25, -0.2) is 9.66 Å². The number of hydrogen-bond donors (Lipinski definition) is 1. The van der Waals surface area contributed by atoms with Crippen LogP contribution in [-0.2, 0) is 0 Å². The average molecular weight is 237 g/mol. The molecule has 1 heterocycles. The Hall–Kier alpha value is -2.62. The van der Waals surface area contributed by atoms with Crippen molar-refractivity contribution in [3.8, 4) is 0 Å². The molecule has 0 unspecified atom stereocenters. The van der Waals surface area contributed by atoms with E-state index in [1.54, 1.807) is 18.7 Å². The van der Waals surface area contributed by atoms with Crippen molar-refractivity contribution in [2.75, 3.05) is 5.43 Å². The number of fused-ring (bicyclic) bond motifs is 1. The number of aromatic nitrogens is 2. The van der Waals surface area contributed by atoms with Crippen molar-refractivity contribution < 1.29 is 4.79 Å². The SMILES string of the molecule is O=C(Nn1ccnc1)c1cccc2ccccc12. The number of imidazole rings is 1. The largest absolute Gasteiger partial charge is 0.270 e. The third kappa shape index (κ3) is 1.84. The van der Waals surface area contributed by atoms with Gasteiger partial charge >= 0.3 is 0 Å². The molecule has 0 aliphatic heterocycles. The summed E-state index contributed by atoms with van der Waals surface area (Å²) in [6, 6.07) is 13.5. The summed E-state index contributed by atoms with van der Waals surface area (Å²) < 4.78 is 1.53. The molecule has 88 valence electrons. The first-order valence-corrected chi connectivity index (χ1v) is 5.62. The van der Waals surface area contributed by atoms with Gasteiger partial charge in [0.25, 0.3) is 5.91 Å². The molecule has 0 saturated carbocycles. The standard InChI is InChI=1S/C14H11N3O/c18-14(16-17-9-8-15-10-17)13-7-3-5-11-4-1-2-6-12(11)13/h1-10H,(H,16,18). The van der Waals surface area contributed by atoms with E-state index >= 15 is 0 Å². The van der Waals surface area contributed by atoms with E-state index in [1.807, 2.05) is 42.5 Å². The fraction of sp³-hybridized carbons (Fsp3) is 0. The molecule has 2 aromatic carbocycles. The summed E-state index contributed by atoms with van der Waals surface area (Å²) in [6.45, 7) is 0. The van der Waals surface area contributed by atoms with Crippen molar-refractivity contribution >= 4 is 16.7 Å². The van der Waals surface area contributed by atoms with Crippen LogP contribution in [0.15, 0.2) is 61.2 Å². The number of nitrogens with zero attached hydrogens (tertiary/aromatic N) is 2. The molecule has 3 aromatic rings. The number of hydrogen-bond acceptors (Lipinski definition) is 2. The summed E-state index contributed by atoms with van der Waals surface area (Å²) in [7, 11) is 0. The highest BCUT2D eigenvalue weighted by Gasteiger charge is 2.09. The first kappa shape index (κ1) is 10.5. The number of carbonyl (C=O) groups excluding carboxylic acids is 1. The molecule has 0 radical (unpaired) electrons. The van der Waals surface area contributed by atoms with Crippen molar-refractivity contribution in [1.29, 1.82) is 0 Å². The zero-order valence-corrected chi connectivity index (χ0v) is 9.58. The highest BCUT2D eigenvalue weighted by Crippen LogP contribution is 2.18. The Morgan fingerprint density at radius 3 is 2.78 bits per heavy atom. The second-order valence-corrected chi connectivity index (χ2v) is 3.94. The minimum Gasteiger partial charge on any atom is -0.267 e. The molecular weight excluding hydrogens is 226 g/mol. The third-order valence-corrected chi connectivity index (χ3v) is 2.77. The van der Waals surface area contributed by atoms with Crippen LogP contribution in [0.5, 0.6) is 0 Å². The van der Waals surface area contributed by atoms with Crippen molar-refractivity contribution in [3.05, 3.63) is 66.7 Å². The number of nitrogens with one attached hydrogen (secondary N) is 1. The van der Waals surface area contributed by atoms with Crippen LogP contribution in [0.3, 0.4) is 0 Å². The van der Waals surface area contributed by atoms with Crippen molar-refractivity contribution in [2.24, 2.45) is 0 Å². The molecule has 1 N–H and O–H groups in total. The van der Waals surface area contributed by atoms with Crippen LogP contribution >= 0.6 is 0 Å². The van der Waals surface area contributed by atoms with Crippen LogP contribution in [0, 0.1) is 0 Å². The maximum atomic E-state index is 12.2. The molecule has 4 heteroatoms. The Bertz CT molecular complexity index is 684. The zero-order chi connectivity index (χ0) is 12.4. The van der Waals surface area contributed by atoms with E-state index in [4.69, 9.17) is 0 Å². The Morgan fingerprint density at radius 2 is 1.94 bits per heavy atom. The molecule has 0 saturated heterocycles. The van der Waals surface area contributed by atoms with Gasteiger partial charge in [-0.3, -0.25) is 10.2 Å². The maximum absolute atomic E-state index is 12.2. The molecule has 1 amide bonds. The van der Waals surface area contributed by atoms with Crippen LogP contribution in [0.1, 0.15) is 10.4 Å². The highest BCUT2D eigenvalue weighted by atomic mass is 16.2. The van der Waals surface area contributed by atoms with Gasteiger partial charge in [0, 0.05) is 18.0 Å². The fourth-order valence-electron chi connectivity index (χ4n) is 1.93. The molecule has 0 aliphatic carbocycles. The van der Waals surface area contributed by atoms with Gasteiger partial charge < -0.3 is 0 Å². The lowest BCUT2D eigenvalue weighted by Crippen LogP contribution is -2.21. The predicted octanol–water partition coefficient (Wildman–Crippen LogP) is 2.42. The van der Waals surface area contributed by atoms with Gasteiger partial charge in [-0.15, -0.1) is 0 Å². The molecule has 18 heavy (non-hydrogen) atoms. The van der Waals surface area contributed by atoms with Crippen LogP contribution in [0.2, 0.25) is 0 Å². The topological polar surface area (TPSA) is 46.9 Å². The molecule has 1 aromatic heterocycles. The fourth-order valence-corrected chi connectivity index (χ4v) is 1.93. The quantitative estimate of drug-likeness (QED) is 0.744. The van der Waals surface area contributed by atoms with Crippen LogP contribution in [0.4, 0.5) is 0 Å². The third-order valence-electron chi connectivity index (χ3n) is 2.77. The van der Waals surface area contributed by atoms with Gasteiger partial charge in [0.1, 0.15) is 6.33 Å². The lowest BCUT2D eigenvalue weighted by Gasteiger charge is -2.08. The van der Waals surface area contributed by atoms with Gasteiger partial charge in [-0.2, -0.15) is 0 Å². The second kappa shape index (κ2) is 4.33. The number of rotatable bonds is 2. The summed E-state index contributed by atoms with van der Waals surface area (Å²) in [4.78, 5) is 16.0. The van der Waals surface area contributed by atoms with Gasteiger partial charge in [-0.1, -0.05) is 36.4 Å².